The number of nitrogens with two attached hydrogens (primary N) is 1. The van der Waals surface area contributed by atoms with Crippen LogP contribution in [0.25, 0.3) is 0 Å². The smallest absolute Gasteiger partial charge is 0.323 e. The van der Waals surface area contributed by atoms with Crippen molar-refractivity contribution in [1.29, 1.82) is 0 Å². The van der Waals surface area contributed by atoms with E-state index in [0.29, 0.717) is 5.56 Å². The summed E-state index contributed by atoms with van der Waals surface area (Å²) in [4.78, 5) is 74.1. The molecule has 6 N–H and O–H groups in total. The molecule has 13 nitrogen and oxygen atoms in total. The molecule has 0 bridgehead atoms. The van der Waals surface area contributed by atoms with E-state index in [4.69, 9.17) is 15.2 Å². The molecular formula is C26H35N3O10S. The molecular weight excluding hydrogens is 546 g/mol. The highest BCUT2D eigenvalue weighted by Gasteiger charge is 2.40. The molecule has 2 amide bonds. The molecule has 0 spiro atoms. The molecule has 1 heterocycles. The number of phenolic OH excluding ortho intramolecular Hbond substituents is 2. The van der Waals surface area contributed by atoms with Gasteiger partial charge in [-0.1, -0.05) is 31.7 Å². The highest BCUT2D eigenvalue weighted by Crippen LogP contribution is 2.27. The molecule has 1 aliphatic rings. The minimum Gasteiger partial charge on any atom is -0.504 e. The van der Waals surface area contributed by atoms with Gasteiger partial charge in [0.25, 0.3) is 5.91 Å². The third kappa shape index (κ3) is 10.8. The fourth-order valence-corrected chi connectivity index (χ4v) is 4.30. The van der Waals surface area contributed by atoms with Crippen molar-refractivity contribution in [1.82, 2.24) is 10.6 Å². The van der Waals surface area contributed by atoms with Gasteiger partial charge in [-0.05, 0) is 24.1 Å². The molecule has 1 fully saturated rings. The first-order valence-corrected chi connectivity index (χ1v) is 13.6. The van der Waals surface area contributed by atoms with E-state index in [1.165, 1.54) is 32.0 Å². The summed E-state index contributed by atoms with van der Waals surface area (Å²) in [6.07, 6.45) is -2.52. The number of ketones is 1. The van der Waals surface area contributed by atoms with Crippen LogP contribution in [0, 0.1) is 5.41 Å². The Kier molecular flexibility index (Phi) is 12.4. The van der Waals surface area contributed by atoms with Crippen LogP contribution in [0.5, 0.6) is 11.5 Å². The van der Waals surface area contributed by atoms with Gasteiger partial charge in [-0.2, -0.15) is 0 Å². The van der Waals surface area contributed by atoms with E-state index in [2.05, 4.69) is 10.6 Å². The summed E-state index contributed by atoms with van der Waals surface area (Å²) in [5.41, 5.74) is 5.15. The molecule has 14 heteroatoms. The van der Waals surface area contributed by atoms with Gasteiger partial charge in [0.1, 0.15) is 18.4 Å². The van der Waals surface area contributed by atoms with Crippen LogP contribution in [0.3, 0.4) is 0 Å². The molecule has 0 aromatic heterocycles. The zero-order valence-electron chi connectivity index (χ0n) is 22.4. The van der Waals surface area contributed by atoms with Crippen LogP contribution in [0.1, 0.15) is 45.1 Å². The molecule has 0 radical (unpaired) electrons. The van der Waals surface area contributed by atoms with Gasteiger partial charge in [-0.15, -0.1) is 0 Å². The van der Waals surface area contributed by atoms with Gasteiger partial charge in [-0.25, -0.2) is 0 Å². The van der Waals surface area contributed by atoms with E-state index in [-0.39, 0.29) is 80.1 Å². The number of esters is 2. The summed E-state index contributed by atoms with van der Waals surface area (Å²) in [5, 5.41) is 23.8. The van der Waals surface area contributed by atoms with E-state index in [0.717, 1.165) is 11.8 Å². The number of nitrogens with one attached hydrogen (secondary N) is 2. The van der Waals surface area contributed by atoms with E-state index in [1.54, 1.807) is 0 Å². The number of rotatable bonds is 6. The Balaban J connectivity index is 2.08. The number of thioether (sulfide) groups is 1. The monoisotopic (exact) mass is 581 g/mol. The molecule has 2 rings (SSSR count). The molecule has 1 aliphatic heterocycles. The molecule has 0 unspecified atom stereocenters. The Labute approximate surface area is 235 Å². The van der Waals surface area contributed by atoms with Crippen LogP contribution in [0.4, 0.5) is 0 Å². The van der Waals surface area contributed by atoms with Crippen LogP contribution in [-0.4, -0.2) is 82.5 Å². The number of hydrogen-bond donors (Lipinski definition) is 5. The number of hydrogen-bond acceptors (Lipinski definition) is 12. The lowest BCUT2D eigenvalue weighted by molar-refractivity contribution is -0.169. The van der Waals surface area contributed by atoms with Crippen molar-refractivity contribution >= 4 is 46.4 Å². The predicted octanol–water partition coefficient (Wildman–Crippen LogP) is 0.0841. The number of ether oxygens (including phenoxy) is 2. The Hall–Kier alpha value is -3.65. The topological polar surface area (TPSA) is 211 Å². The summed E-state index contributed by atoms with van der Waals surface area (Å²) >= 11 is 0.906. The van der Waals surface area contributed by atoms with Gasteiger partial charge in [0.05, 0.1) is 12.8 Å². The maximum Gasteiger partial charge on any atom is 0.323 e. The maximum absolute atomic E-state index is 13.0. The lowest BCUT2D eigenvalue weighted by Crippen LogP contribution is -2.50. The fraction of sp³-hybridized carbons (Fsp3) is 0.538. The van der Waals surface area contributed by atoms with Crippen molar-refractivity contribution in [2.24, 2.45) is 11.1 Å². The van der Waals surface area contributed by atoms with Crippen molar-refractivity contribution in [3.8, 4) is 11.5 Å². The first kappa shape index (κ1) is 32.6. The molecule has 1 saturated heterocycles. The number of phenols is 2. The van der Waals surface area contributed by atoms with Gasteiger partial charge < -0.3 is 36.1 Å². The molecule has 220 valence electrons. The number of aromatic hydroxyl groups is 2. The van der Waals surface area contributed by atoms with Crippen LogP contribution in [0.2, 0.25) is 0 Å². The predicted molar refractivity (Wildman–Crippen MR) is 143 cm³/mol. The number of cyclic esters (lactones) is 1. The third-order valence-electron chi connectivity index (χ3n) is 5.87. The Morgan fingerprint density at radius 1 is 1.10 bits per heavy atom. The summed E-state index contributed by atoms with van der Waals surface area (Å²) in [7, 11) is 0. The second-order valence-electron chi connectivity index (χ2n) is 9.93. The van der Waals surface area contributed by atoms with Gasteiger partial charge >= 0.3 is 11.9 Å². The molecule has 2 atom stereocenters. The second-order valence-corrected chi connectivity index (χ2v) is 11.1. The Morgan fingerprint density at radius 3 is 2.52 bits per heavy atom. The van der Waals surface area contributed by atoms with Crippen LogP contribution in [0.15, 0.2) is 18.2 Å². The zero-order valence-corrected chi connectivity index (χ0v) is 23.2. The summed E-state index contributed by atoms with van der Waals surface area (Å²) in [6, 6.07) is 2.86. The Morgan fingerprint density at radius 2 is 1.82 bits per heavy atom. The average Bonchev–Trinajstić information content (AvgIpc) is 2.88. The number of carbonyl (C=O) groups excluding carboxylic acids is 6. The SMILES string of the molecule is CC(C)(COC(=O)[C@@H](N)Cc1ccc(O)c(O)c1)[C@H]1OC(=O)CCC(=O)CC(=O)SCCNC(=O)CCNC1=O. The van der Waals surface area contributed by atoms with Crippen LogP contribution >= 0.6 is 11.8 Å². The first-order valence-electron chi connectivity index (χ1n) is 12.6. The second kappa shape index (κ2) is 15.2. The molecule has 40 heavy (non-hydrogen) atoms. The van der Waals surface area contributed by atoms with Crippen LogP contribution in [-0.2, 0) is 44.7 Å². The van der Waals surface area contributed by atoms with E-state index >= 15 is 0 Å². The largest absolute Gasteiger partial charge is 0.504 e. The molecule has 1 aromatic rings. The number of Topliss-reactive ketones (excluding diaryl/α,β-unsaturated/α-hetero) is 1. The summed E-state index contributed by atoms with van der Waals surface area (Å²) < 4.78 is 10.7. The average molecular weight is 582 g/mol. The zero-order chi connectivity index (χ0) is 29.9. The molecule has 0 aliphatic carbocycles. The highest BCUT2D eigenvalue weighted by molar-refractivity contribution is 8.13. The molecule has 1 aromatic carbocycles. The molecule has 0 saturated carbocycles. The van der Waals surface area contributed by atoms with Gasteiger partial charge in [-0.3, -0.25) is 28.8 Å². The number of amides is 2. The maximum atomic E-state index is 13.0. The van der Waals surface area contributed by atoms with Crippen molar-refractivity contribution in [3.63, 3.8) is 0 Å². The van der Waals surface area contributed by atoms with E-state index in [9.17, 15) is 39.0 Å². The fourth-order valence-electron chi connectivity index (χ4n) is 3.61. The lowest BCUT2D eigenvalue weighted by Gasteiger charge is -2.32. The van der Waals surface area contributed by atoms with Gasteiger partial charge in [0, 0.05) is 37.1 Å². The minimum absolute atomic E-state index is 0.0108. The van der Waals surface area contributed by atoms with Crippen molar-refractivity contribution < 1.29 is 48.5 Å². The van der Waals surface area contributed by atoms with E-state index in [1.807, 2.05) is 0 Å². The van der Waals surface area contributed by atoms with Crippen molar-refractivity contribution in [3.05, 3.63) is 23.8 Å². The van der Waals surface area contributed by atoms with Crippen LogP contribution < -0.4 is 16.4 Å². The first-order chi connectivity index (χ1) is 18.8. The third-order valence-corrected chi connectivity index (χ3v) is 6.74. The minimum atomic E-state index is -1.45. The standard InChI is InChI=1S/C26H35N3O10S/c1-26(2,14-38-25(37)17(27)11-15-3-5-18(31)19(32)12-15)23-24(36)29-8-7-20(33)28-9-10-40-22(35)13-16(30)4-6-21(34)39-23/h3,5,12,17,23,31-32H,4,6-11,13-14,27H2,1-2H3,(H,28,33)(H,29,36)/t17-,23-/m0/s1. The van der Waals surface area contributed by atoms with Gasteiger partial charge in [0.15, 0.2) is 22.7 Å². The van der Waals surface area contributed by atoms with Gasteiger partial charge in [0.2, 0.25) is 5.91 Å². The lowest BCUT2D eigenvalue weighted by atomic mass is 9.86. The summed E-state index contributed by atoms with van der Waals surface area (Å²) in [5.74, 6) is -3.65. The Bertz CT molecular complexity index is 1120. The van der Waals surface area contributed by atoms with E-state index < -0.39 is 41.2 Å². The number of carbonyl (C=O) groups is 6. The quantitative estimate of drug-likeness (QED) is 0.172. The van der Waals surface area contributed by atoms with Crippen molar-refractivity contribution in [2.75, 3.05) is 25.4 Å². The normalized spacial score (nSPS) is 19.6. The number of benzene rings is 1. The van der Waals surface area contributed by atoms with Crippen molar-refractivity contribution in [2.45, 2.75) is 58.1 Å². The highest BCUT2D eigenvalue weighted by atomic mass is 32.2. The summed E-state index contributed by atoms with van der Waals surface area (Å²) in [6.45, 7) is 2.81.